The number of likely N-dealkylation sites (tertiary alicyclic amines) is 2. The van der Waals surface area contributed by atoms with Gasteiger partial charge in [0.15, 0.2) is 5.96 Å². The Bertz CT molecular complexity index is 777. The summed E-state index contributed by atoms with van der Waals surface area (Å²) in [7, 11) is 6.10. The van der Waals surface area contributed by atoms with E-state index in [4.69, 9.17) is 0 Å². The van der Waals surface area contributed by atoms with Gasteiger partial charge in [0.1, 0.15) is 0 Å². The van der Waals surface area contributed by atoms with Gasteiger partial charge in [0, 0.05) is 55.2 Å². The van der Waals surface area contributed by atoms with Crippen molar-refractivity contribution in [3.05, 3.63) is 18.7 Å². The topological polar surface area (TPSA) is 125 Å². The van der Waals surface area contributed by atoms with E-state index in [1.807, 2.05) is 7.05 Å². The maximum atomic E-state index is 4.17. The molecule has 11 heteroatoms. The molecule has 0 spiro atoms. The number of hydrogen-bond donors (Lipinski definition) is 5. The summed E-state index contributed by atoms with van der Waals surface area (Å²) in [5.41, 5.74) is 0. The molecule has 0 amide bonds. The molecule has 0 radical (unpaired) electrons. The lowest BCUT2D eigenvalue weighted by Gasteiger charge is -2.34. The molecule has 0 unspecified atom stereocenters. The molecule has 53 heavy (non-hydrogen) atoms. The molecule has 4 rings (SSSR count). The van der Waals surface area contributed by atoms with Gasteiger partial charge < -0.3 is 46.7 Å². The lowest BCUT2D eigenvalue weighted by atomic mass is 10.2. The van der Waals surface area contributed by atoms with Crippen LogP contribution in [0.5, 0.6) is 0 Å². The van der Waals surface area contributed by atoms with Crippen molar-refractivity contribution >= 4 is 5.96 Å². The summed E-state index contributed by atoms with van der Waals surface area (Å²) in [5.74, 6) is 1.78. The molecule has 7 N–H and O–H groups in total. The van der Waals surface area contributed by atoms with E-state index >= 15 is 0 Å². The summed E-state index contributed by atoms with van der Waals surface area (Å²) >= 11 is 0. The minimum absolute atomic E-state index is 0. The van der Waals surface area contributed by atoms with Crippen molar-refractivity contribution in [2.45, 2.75) is 173 Å². The SMILES string of the molecule is CC(C)C.CC(C)N(C)C.CC(C)N1CCC1.CC(C)N1CCCC1.CC(C)NC1=NCCN1.CCN(CC)C(C)C.CNC(C)C.N.c1c[nH]cn1. The Labute approximate surface area is 333 Å². The monoisotopic (exact) mass is 758 g/mol. The van der Waals surface area contributed by atoms with E-state index in [1.54, 1.807) is 18.7 Å². The molecule has 3 aliphatic rings. The van der Waals surface area contributed by atoms with Gasteiger partial charge >= 0.3 is 0 Å². The van der Waals surface area contributed by atoms with Gasteiger partial charge in [0.25, 0.3) is 0 Å². The number of nitrogens with zero attached hydrogens (tertiary/aromatic N) is 6. The van der Waals surface area contributed by atoms with Crippen molar-refractivity contribution in [1.29, 1.82) is 0 Å². The maximum absolute atomic E-state index is 4.17. The highest BCUT2D eigenvalue weighted by atomic mass is 15.2. The van der Waals surface area contributed by atoms with E-state index in [1.165, 1.54) is 58.5 Å². The standard InChI is InChI=1S/C7H15N.C7H17N.C6H13N3.C6H13N.C5H13N.C4H11N.C4H10.C3H4N2.H3N/c1-7(2)8-5-3-4-6-8;1-5-8(6-2)7(3)4;1-5(2)9-6-7-3-4-8-6;1-6(2)7-4-3-5-7;1-5(2)6(3)4;1-4(2)5-3;1-4(2)3;1-2-5-3-4-1;/h7H,3-6H2,1-2H3;7H,5-6H2,1-4H3;5H,3-4H2,1-2H3,(H2,7,8,9);6H,3-5H2,1-2H3;5H,1-4H3;4-5H,1-3H3;4H,1-3H3;1-3H,(H,4,5);1H3. The summed E-state index contributed by atoms with van der Waals surface area (Å²) in [6.45, 7) is 46.7. The molecule has 0 atom stereocenters. The van der Waals surface area contributed by atoms with Crippen LogP contribution in [0.25, 0.3) is 0 Å². The molecule has 11 nitrogen and oxygen atoms in total. The molecular weight excluding hydrogens is 659 g/mol. The highest BCUT2D eigenvalue weighted by Gasteiger charge is 2.15. The summed E-state index contributed by atoms with van der Waals surface area (Å²) in [6, 6.07) is 4.07. The van der Waals surface area contributed by atoms with Crippen molar-refractivity contribution < 1.29 is 0 Å². The summed E-state index contributed by atoms with van der Waals surface area (Å²) in [5, 5.41) is 9.34. The lowest BCUT2D eigenvalue weighted by Crippen LogP contribution is -2.41. The average Bonchev–Trinajstić information content (AvgIpc) is 3.83. The third-order valence-electron chi connectivity index (χ3n) is 8.15. The normalized spacial score (nSPS) is 14.7. The first-order chi connectivity index (χ1) is 24.3. The van der Waals surface area contributed by atoms with Crippen molar-refractivity contribution in [2.75, 3.05) is 73.5 Å². The van der Waals surface area contributed by atoms with Crippen LogP contribution in [0, 0.1) is 5.92 Å². The predicted molar refractivity (Wildman–Crippen MR) is 241 cm³/mol. The first kappa shape index (κ1) is 60.5. The summed E-state index contributed by atoms with van der Waals surface area (Å²) < 4.78 is 0. The molecule has 4 heterocycles. The number of rotatable bonds is 8. The number of H-pyrrole nitrogens is 1. The van der Waals surface area contributed by atoms with E-state index in [0.29, 0.717) is 24.2 Å². The second-order valence-corrected chi connectivity index (χ2v) is 16.1. The predicted octanol–water partition coefficient (Wildman–Crippen LogP) is 8.08. The van der Waals surface area contributed by atoms with Crippen molar-refractivity contribution in [2.24, 2.45) is 10.9 Å². The fourth-order valence-corrected chi connectivity index (χ4v) is 4.05. The second-order valence-electron chi connectivity index (χ2n) is 16.1. The van der Waals surface area contributed by atoms with Crippen LogP contribution < -0.4 is 22.1 Å². The molecule has 0 bridgehead atoms. The van der Waals surface area contributed by atoms with Gasteiger partial charge in [-0.25, -0.2) is 4.98 Å². The molecule has 322 valence electrons. The zero-order valence-electron chi connectivity index (χ0n) is 39.4. The van der Waals surface area contributed by atoms with Crippen LogP contribution >= 0.6 is 0 Å². The Kier molecular flexibility index (Phi) is 47.3. The maximum Gasteiger partial charge on any atom is 0.191 e. The van der Waals surface area contributed by atoms with Crippen LogP contribution in [0.2, 0.25) is 0 Å². The van der Waals surface area contributed by atoms with Gasteiger partial charge in [0.05, 0.1) is 12.9 Å². The number of imidazole rings is 1. The van der Waals surface area contributed by atoms with E-state index in [2.05, 4.69) is 182 Å². The second kappa shape index (κ2) is 41.4. The molecule has 1 aromatic rings. The van der Waals surface area contributed by atoms with E-state index in [0.717, 1.165) is 37.1 Å². The fourth-order valence-electron chi connectivity index (χ4n) is 4.05. The van der Waals surface area contributed by atoms with Gasteiger partial charge in [-0.1, -0.05) is 48.5 Å². The number of guanidine groups is 1. The Hall–Kier alpha value is -1.76. The quantitative estimate of drug-likeness (QED) is 0.179. The minimum Gasteiger partial charge on any atom is -0.355 e. The molecule has 3 aliphatic heterocycles. The van der Waals surface area contributed by atoms with Gasteiger partial charge in [-0.3, -0.25) is 4.99 Å². The highest BCUT2D eigenvalue weighted by molar-refractivity contribution is 5.81. The van der Waals surface area contributed by atoms with Crippen LogP contribution in [-0.2, 0) is 0 Å². The van der Waals surface area contributed by atoms with Crippen LogP contribution in [0.4, 0.5) is 0 Å². The van der Waals surface area contributed by atoms with Crippen molar-refractivity contribution in [1.82, 2.24) is 51.7 Å². The van der Waals surface area contributed by atoms with Gasteiger partial charge in [-0.15, -0.1) is 0 Å². The van der Waals surface area contributed by atoms with Crippen LogP contribution in [-0.4, -0.2) is 145 Å². The number of nitrogens with one attached hydrogen (secondary N) is 4. The third kappa shape index (κ3) is 48.2. The molecular formula is C42H99N11. The van der Waals surface area contributed by atoms with Gasteiger partial charge in [-0.05, 0) is 155 Å². The first-order valence-corrected chi connectivity index (χ1v) is 20.8. The molecule has 0 saturated carbocycles. The number of aliphatic imine (C=N–C) groups is 1. The average molecular weight is 758 g/mol. The zero-order valence-corrected chi connectivity index (χ0v) is 39.4. The largest absolute Gasteiger partial charge is 0.355 e. The van der Waals surface area contributed by atoms with Crippen molar-refractivity contribution in [3.8, 4) is 0 Å². The van der Waals surface area contributed by atoms with Crippen LogP contribution in [0.3, 0.4) is 0 Å². The third-order valence-corrected chi connectivity index (χ3v) is 8.15. The molecule has 2 saturated heterocycles. The number of aromatic amines is 1. The van der Waals surface area contributed by atoms with E-state index < -0.39 is 0 Å². The minimum atomic E-state index is 0. The first-order valence-electron chi connectivity index (χ1n) is 20.8. The Morgan fingerprint density at radius 3 is 1.26 bits per heavy atom. The van der Waals surface area contributed by atoms with Crippen LogP contribution in [0.15, 0.2) is 23.7 Å². The summed E-state index contributed by atoms with van der Waals surface area (Å²) in [4.78, 5) is 20.2. The van der Waals surface area contributed by atoms with Crippen LogP contribution in [0.1, 0.15) is 137 Å². The van der Waals surface area contributed by atoms with Gasteiger partial charge in [-0.2, -0.15) is 0 Å². The molecule has 1 aromatic heterocycles. The summed E-state index contributed by atoms with van der Waals surface area (Å²) in [6.07, 6.45) is 9.33. The zero-order chi connectivity index (χ0) is 41.1. The molecule has 2 fully saturated rings. The Balaban J connectivity index is -0.000000167. The van der Waals surface area contributed by atoms with Gasteiger partial charge in [0.2, 0.25) is 0 Å². The highest BCUT2D eigenvalue weighted by Crippen LogP contribution is 2.10. The fraction of sp³-hybridized carbons (Fsp3) is 0.905. The van der Waals surface area contributed by atoms with E-state index in [9.17, 15) is 0 Å². The number of hydrogen-bond acceptors (Lipinski definition) is 10. The Morgan fingerprint density at radius 1 is 0.717 bits per heavy atom. The Morgan fingerprint density at radius 2 is 1.13 bits per heavy atom. The van der Waals surface area contributed by atoms with Crippen molar-refractivity contribution in [3.63, 3.8) is 0 Å². The molecule has 0 aromatic carbocycles. The number of aromatic nitrogens is 2. The molecule has 0 aliphatic carbocycles. The smallest absolute Gasteiger partial charge is 0.191 e. The lowest BCUT2D eigenvalue weighted by molar-refractivity contribution is 0.138. The van der Waals surface area contributed by atoms with E-state index in [-0.39, 0.29) is 6.15 Å².